The van der Waals surface area contributed by atoms with E-state index in [-0.39, 0.29) is 0 Å². The summed E-state index contributed by atoms with van der Waals surface area (Å²) in [5.41, 5.74) is 1.87. The Morgan fingerprint density at radius 1 is 1.11 bits per heavy atom. The van der Waals surface area contributed by atoms with Gasteiger partial charge in [-0.15, -0.1) is 0 Å². The molecule has 0 saturated heterocycles. The van der Waals surface area contributed by atoms with Gasteiger partial charge in [-0.25, -0.2) is 0 Å². The van der Waals surface area contributed by atoms with Crippen LogP contribution in [0.4, 0.5) is 0 Å². The Bertz CT molecular complexity index is 339. The summed E-state index contributed by atoms with van der Waals surface area (Å²) in [5.74, 6) is -2.91. The molecule has 7 N–H and O–H groups in total. The molecule has 0 fully saturated rings. The summed E-state index contributed by atoms with van der Waals surface area (Å²) in [6, 6.07) is -1.16. The molecule has 0 heterocycles. The van der Waals surface area contributed by atoms with Gasteiger partial charge in [-0.1, -0.05) is 13.8 Å². The number of rotatable bonds is 9. The number of nitrogens with two attached hydrogens (primary N) is 1. The molecule has 0 aromatic carbocycles. The third-order valence-electron chi connectivity index (χ3n) is 2.72. The predicted molar refractivity (Wildman–Crippen MR) is 63.9 cm³/mol. The number of carbonyl (C=O) groups excluding carboxylic acids is 2. The van der Waals surface area contributed by atoms with E-state index >= 15 is 0 Å². The fourth-order valence-corrected chi connectivity index (χ4v) is 1.28. The van der Waals surface area contributed by atoms with Gasteiger partial charge in [0.25, 0.3) is 0 Å². The predicted octanol–water partition coefficient (Wildman–Crippen LogP) is -3.46. The van der Waals surface area contributed by atoms with Gasteiger partial charge in [0.2, 0.25) is 11.6 Å². The van der Waals surface area contributed by atoms with Crippen LogP contribution in [0.2, 0.25) is 1.41 Å². The van der Waals surface area contributed by atoms with E-state index in [0.717, 1.165) is 0 Å². The molecule has 112 valence electrons. The van der Waals surface area contributed by atoms with E-state index in [1.165, 1.54) is 0 Å². The minimum atomic E-state index is -2.26. The van der Waals surface area contributed by atoms with E-state index < -0.39 is 54.5 Å². The standard InChI is InChI=1S/C11H21NO7/c1-4(2)6(12)8(16)10(18)11(19)9(17)7(15)5(14)3-13/h4-7,9,11,13-15,17,19H,3,12H2,1-2H3/t5-,6+,7-,9+,11+/m1/s1/i/hD. The topological polar surface area (TPSA) is 161 Å². The zero-order valence-corrected chi connectivity index (χ0v) is 10.7. The first-order valence-corrected chi connectivity index (χ1v) is 5.77. The molecule has 0 unspecified atom stereocenters. The molecule has 19 heavy (non-hydrogen) atoms. The second kappa shape index (κ2) is 7.63. The number of aliphatic hydroxyl groups is 5. The van der Waals surface area contributed by atoms with Crippen LogP contribution in [-0.4, -0.2) is 74.2 Å². The van der Waals surface area contributed by atoms with Gasteiger partial charge in [0.15, 0.2) is 0 Å². The molecule has 0 saturated carbocycles. The summed E-state index contributed by atoms with van der Waals surface area (Å²) < 4.78 is 6.96. The van der Waals surface area contributed by atoms with Crippen LogP contribution < -0.4 is 5.73 Å². The molecule has 0 bridgehead atoms. The molecule has 0 rings (SSSR count). The first-order valence-electron chi connectivity index (χ1n) is 6.27. The maximum absolute atomic E-state index is 11.7. The Morgan fingerprint density at radius 3 is 2.00 bits per heavy atom. The molecule has 8 nitrogen and oxygen atoms in total. The summed E-state index contributed by atoms with van der Waals surface area (Å²) in [5, 5.41) is 46.1. The minimum absolute atomic E-state index is 0.402. The number of carbonyl (C=O) groups is 2. The Balaban J connectivity index is 4.88. The van der Waals surface area contributed by atoms with E-state index in [1.54, 1.807) is 13.8 Å². The highest BCUT2D eigenvalue weighted by atomic mass is 16.4. The second-order valence-corrected chi connectivity index (χ2v) is 4.63. The fraction of sp³-hybridized carbons (Fsp3) is 0.818. The molecule has 0 aliphatic rings. The lowest BCUT2D eigenvalue weighted by Crippen LogP contribution is -2.53. The summed E-state index contributed by atoms with van der Waals surface area (Å²) in [6.07, 6.45) is -8.15. The smallest absolute Gasteiger partial charge is 0.231 e. The molecule has 0 aromatic rings. The SMILES string of the molecule is [2H]N[C@H](C(=O)C(=O)[C@@H](O)[C@@H](O)[C@H](O)[C@H](O)CO)C(C)C. The van der Waals surface area contributed by atoms with Crippen LogP contribution in [0, 0.1) is 5.92 Å². The number of ketones is 2. The van der Waals surface area contributed by atoms with Crippen molar-refractivity contribution in [1.29, 1.82) is 0 Å². The number of hydrogen-bond donors (Lipinski definition) is 6. The number of Topliss-reactive ketones (excluding diaryl/α,β-unsaturated/α-hetero) is 2. The van der Waals surface area contributed by atoms with Crippen molar-refractivity contribution in [3.8, 4) is 0 Å². The molecule has 0 amide bonds. The third kappa shape index (κ3) is 4.60. The lowest BCUT2D eigenvalue weighted by molar-refractivity contribution is -0.155. The van der Waals surface area contributed by atoms with Gasteiger partial charge >= 0.3 is 0 Å². The van der Waals surface area contributed by atoms with Crippen molar-refractivity contribution in [3.63, 3.8) is 0 Å². The van der Waals surface area contributed by atoms with Gasteiger partial charge in [-0.3, -0.25) is 9.59 Å². The van der Waals surface area contributed by atoms with Crippen molar-refractivity contribution in [2.75, 3.05) is 6.61 Å². The molecule has 0 radical (unpaired) electrons. The van der Waals surface area contributed by atoms with Crippen LogP contribution in [0.5, 0.6) is 0 Å². The van der Waals surface area contributed by atoms with Crippen molar-refractivity contribution >= 4 is 11.6 Å². The Kier molecular flexibility index (Phi) is 6.49. The number of hydrogen-bond acceptors (Lipinski definition) is 8. The zero-order valence-electron chi connectivity index (χ0n) is 11.7. The lowest BCUT2D eigenvalue weighted by atomic mass is 9.92. The Labute approximate surface area is 111 Å². The maximum atomic E-state index is 11.7. The van der Waals surface area contributed by atoms with Crippen molar-refractivity contribution in [3.05, 3.63) is 0 Å². The highest BCUT2D eigenvalue weighted by Gasteiger charge is 2.38. The fourth-order valence-electron chi connectivity index (χ4n) is 1.28. The van der Waals surface area contributed by atoms with Gasteiger partial charge in [0, 0.05) is 0 Å². The highest BCUT2D eigenvalue weighted by Crippen LogP contribution is 2.09. The highest BCUT2D eigenvalue weighted by molar-refractivity contribution is 6.40. The maximum Gasteiger partial charge on any atom is 0.231 e. The van der Waals surface area contributed by atoms with E-state index in [2.05, 4.69) is 0 Å². The summed E-state index contributed by atoms with van der Waals surface area (Å²) in [6.45, 7) is 2.26. The quantitative estimate of drug-likeness (QED) is 0.237. The molecule has 0 spiro atoms. The monoisotopic (exact) mass is 280 g/mol. The van der Waals surface area contributed by atoms with E-state index in [9.17, 15) is 24.9 Å². The molecule has 0 aliphatic heterocycles. The van der Waals surface area contributed by atoms with Gasteiger partial charge in [0.1, 0.15) is 25.8 Å². The van der Waals surface area contributed by atoms with E-state index in [1.807, 2.05) is 5.73 Å². The average Bonchev–Trinajstić information content (AvgIpc) is 2.43. The largest absolute Gasteiger partial charge is 0.394 e. The van der Waals surface area contributed by atoms with Gasteiger partial charge < -0.3 is 31.3 Å². The Morgan fingerprint density at radius 2 is 1.63 bits per heavy atom. The van der Waals surface area contributed by atoms with Crippen molar-refractivity contribution in [2.45, 2.75) is 44.3 Å². The molecule has 0 aliphatic carbocycles. The van der Waals surface area contributed by atoms with Gasteiger partial charge in [0.05, 0.1) is 12.6 Å². The van der Waals surface area contributed by atoms with Gasteiger partial charge in [-0.2, -0.15) is 0 Å². The second-order valence-electron chi connectivity index (χ2n) is 4.63. The molecule has 5 atom stereocenters. The van der Waals surface area contributed by atoms with E-state index in [0.29, 0.717) is 0 Å². The number of aliphatic hydroxyl groups excluding tert-OH is 5. The molecule has 0 aromatic heterocycles. The van der Waals surface area contributed by atoms with E-state index in [4.69, 9.17) is 11.6 Å². The van der Waals surface area contributed by atoms with Crippen LogP contribution in [0.1, 0.15) is 13.8 Å². The molecular weight excluding hydrogens is 258 g/mol. The normalized spacial score (nSPS) is 20.3. The first-order chi connectivity index (χ1) is 9.18. The van der Waals surface area contributed by atoms with Crippen molar-refractivity contribution < 1.29 is 36.5 Å². The van der Waals surface area contributed by atoms with Crippen LogP contribution in [0.3, 0.4) is 0 Å². The first kappa shape index (κ1) is 16.2. The zero-order chi connectivity index (χ0) is 16.0. The minimum Gasteiger partial charge on any atom is -0.394 e. The van der Waals surface area contributed by atoms with Crippen molar-refractivity contribution in [1.82, 2.24) is 0 Å². The lowest BCUT2D eigenvalue weighted by Gasteiger charge is -2.25. The molecular formula is C11H21NO7. The van der Waals surface area contributed by atoms with Crippen LogP contribution in [0.15, 0.2) is 0 Å². The van der Waals surface area contributed by atoms with Crippen LogP contribution >= 0.6 is 0 Å². The Hall–Kier alpha value is -0.900. The third-order valence-corrected chi connectivity index (χ3v) is 2.72. The molecule has 8 heteroatoms. The summed E-state index contributed by atoms with van der Waals surface area (Å²) in [7, 11) is 0. The van der Waals surface area contributed by atoms with Gasteiger partial charge in [-0.05, 0) is 5.92 Å². The summed E-state index contributed by atoms with van der Waals surface area (Å²) in [4.78, 5) is 23.4. The van der Waals surface area contributed by atoms with Crippen LogP contribution in [0.25, 0.3) is 0 Å². The summed E-state index contributed by atoms with van der Waals surface area (Å²) >= 11 is 0. The van der Waals surface area contributed by atoms with Crippen molar-refractivity contribution in [2.24, 2.45) is 11.6 Å². The average molecular weight is 280 g/mol. The van der Waals surface area contributed by atoms with Crippen LogP contribution in [-0.2, 0) is 9.59 Å².